The van der Waals surface area contributed by atoms with E-state index in [0.29, 0.717) is 19.1 Å². The zero-order valence-electron chi connectivity index (χ0n) is 14.0. The van der Waals surface area contributed by atoms with E-state index < -0.39 is 0 Å². The predicted molar refractivity (Wildman–Crippen MR) is 87.2 cm³/mol. The highest BCUT2D eigenvalue weighted by atomic mass is 16.5. The molecule has 1 saturated carbocycles. The van der Waals surface area contributed by atoms with Crippen LogP contribution in [0.5, 0.6) is 5.75 Å². The maximum absolute atomic E-state index is 12.1. The molecule has 1 N–H and O–H groups in total. The summed E-state index contributed by atoms with van der Waals surface area (Å²) in [6.45, 7) is 7.33. The highest BCUT2D eigenvalue weighted by molar-refractivity contribution is 5.80. The summed E-state index contributed by atoms with van der Waals surface area (Å²) in [6.07, 6.45) is 2.09. The quantitative estimate of drug-likeness (QED) is 0.803. The first-order valence-corrected chi connectivity index (χ1v) is 7.96. The Hall–Kier alpha value is -1.55. The molecule has 4 heteroatoms. The van der Waals surface area contributed by atoms with Gasteiger partial charge in [-0.05, 0) is 43.4 Å². The van der Waals surface area contributed by atoms with Crippen molar-refractivity contribution >= 4 is 5.91 Å². The highest BCUT2D eigenvalue weighted by Crippen LogP contribution is 2.29. The molecule has 0 heterocycles. The first-order valence-electron chi connectivity index (χ1n) is 7.96. The van der Waals surface area contributed by atoms with Gasteiger partial charge in [0.05, 0.1) is 13.7 Å². The molecule has 0 saturated heterocycles. The van der Waals surface area contributed by atoms with Gasteiger partial charge in [0, 0.05) is 12.0 Å². The number of hydrogen-bond acceptors (Lipinski definition) is 3. The summed E-state index contributed by atoms with van der Waals surface area (Å²) in [7, 11) is 1.66. The molecule has 1 atom stereocenters. The van der Waals surface area contributed by atoms with E-state index in [9.17, 15) is 4.79 Å². The lowest BCUT2D eigenvalue weighted by atomic mass is 9.84. The summed E-state index contributed by atoms with van der Waals surface area (Å²) in [4.78, 5) is 12.1. The molecule has 1 amide bonds. The minimum atomic E-state index is -0.382. The maximum Gasteiger partial charge on any atom is 0.248 e. The van der Waals surface area contributed by atoms with Crippen LogP contribution in [0.1, 0.15) is 39.2 Å². The molecule has 1 unspecified atom stereocenters. The van der Waals surface area contributed by atoms with Crippen LogP contribution in [0.25, 0.3) is 0 Å². The van der Waals surface area contributed by atoms with Crippen molar-refractivity contribution in [2.24, 2.45) is 5.92 Å². The van der Waals surface area contributed by atoms with E-state index in [-0.39, 0.29) is 17.4 Å². The van der Waals surface area contributed by atoms with Gasteiger partial charge in [-0.25, -0.2) is 0 Å². The smallest absolute Gasteiger partial charge is 0.248 e. The van der Waals surface area contributed by atoms with Crippen LogP contribution in [0.4, 0.5) is 0 Å². The van der Waals surface area contributed by atoms with E-state index in [0.717, 1.165) is 5.75 Å². The Morgan fingerprint density at radius 2 is 1.95 bits per heavy atom. The van der Waals surface area contributed by atoms with Crippen LogP contribution in [0.3, 0.4) is 0 Å². The Bertz CT molecular complexity index is 492. The molecule has 1 fully saturated rings. The summed E-state index contributed by atoms with van der Waals surface area (Å²) in [6, 6.07) is 7.97. The van der Waals surface area contributed by atoms with Gasteiger partial charge in [-0.3, -0.25) is 4.79 Å². The average Bonchev–Trinajstić information content (AvgIpc) is 3.34. The molecule has 0 spiro atoms. The standard InChI is InChI=1S/C18H27NO3/c1-13(22-11-14-5-6-14)17(20)19-12-18(2,3)15-7-9-16(21-4)10-8-15/h7-10,13-14H,5-6,11-12H2,1-4H3,(H,19,20). The fraction of sp³-hybridized carbons (Fsp3) is 0.611. The third kappa shape index (κ3) is 4.73. The summed E-state index contributed by atoms with van der Waals surface area (Å²) < 4.78 is 10.8. The van der Waals surface area contributed by atoms with Gasteiger partial charge >= 0.3 is 0 Å². The van der Waals surface area contributed by atoms with Crippen molar-refractivity contribution in [2.75, 3.05) is 20.3 Å². The van der Waals surface area contributed by atoms with Crippen molar-refractivity contribution in [3.63, 3.8) is 0 Å². The number of amides is 1. The predicted octanol–water partition coefficient (Wildman–Crippen LogP) is 2.90. The lowest BCUT2D eigenvalue weighted by Crippen LogP contribution is -2.41. The molecule has 0 radical (unpaired) electrons. The Labute approximate surface area is 133 Å². The van der Waals surface area contributed by atoms with Crippen molar-refractivity contribution in [1.82, 2.24) is 5.32 Å². The highest BCUT2D eigenvalue weighted by Gasteiger charge is 2.26. The van der Waals surface area contributed by atoms with E-state index >= 15 is 0 Å². The summed E-state index contributed by atoms with van der Waals surface area (Å²) in [5, 5.41) is 3.00. The van der Waals surface area contributed by atoms with E-state index in [1.165, 1.54) is 18.4 Å². The van der Waals surface area contributed by atoms with E-state index in [2.05, 4.69) is 19.2 Å². The lowest BCUT2D eigenvalue weighted by Gasteiger charge is -2.26. The number of carbonyl (C=O) groups is 1. The second kappa shape index (κ2) is 7.14. The van der Waals surface area contributed by atoms with Crippen molar-refractivity contribution < 1.29 is 14.3 Å². The van der Waals surface area contributed by atoms with Crippen LogP contribution < -0.4 is 10.1 Å². The third-order valence-electron chi connectivity index (χ3n) is 4.22. The van der Waals surface area contributed by atoms with Crippen LogP contribution in [0.15, 0.2) is 24.3 Å². The zero-order chi connectivity index (χ0) is 16.2. The van der Waals surface area contributed by atoms with E-state index in [1.54, 1.807) is 7.11 Å². The number of carbonyl (C=O) groups excluding carboxylic acids is 1. The van der Waals surface area contributed by atoms with Gasteiger partial charge in [0.25, 0.3) is 0 Å². The van der Waals surface area contributed by atoms with Crippen LogP contribution in [-0.4, -0.2) is 32.3 Å². The summed E-state index contributed by atoms with van der Waals surface area (Å²) >= 11 is 0. The molecule has 1 aromatic rings. The number of nitrogens with one attached hydrogen (secondary N) is 1. The number of rotatable bonds is 8. The molecule has 22 heavy (non-hydrogen) atoms. The SMILES string of the molecule is COc1ccc(C(C)(C)CNC(=O)C(C)OCC2CC2)cc1. The van der Waals surface area contributed by atoms with Gasteiger partial charge in [-0.1, -0.05) is 26.0 Å². The summed E-state index contributed by atoms with van der Waals surface area (Å²) in [5.74, 6) is 1.47. The van der Waals surface area contributed by atoms with Gasteiger partial charge < -0.3 is 14.8 Å². The van der Waals surface area contributed by atoms with Crippen LogP contribution >= 0.6 is 0 Å². The van der Waals surface area contributed by atoms with Gasteiger partial charge in [0.15, 0.2) is 0 Å². The molecular weight excluding hydrogens is 278 g/mol. The van der Waals surface area contributed by atoms with E-state index in [4.69, 9.17) is 9.47 Å². The minimum absolute atomic E-state index is 0.0396. The van der Waals surface area contributed by atoms with Gasteiger partial charge in [-0.2, -0.15) is 0 Å². The number of benzene rings is 1. The fourth-order valence-corrected chi connectivity index (χ4v) is 2.24. The average molecular weight is 305 g/mol. The fourth-order valence-electron chi connectivity index (χ4n) is 2.24. The normalized spacial score (nSPS) is 16.2. The lowest BCUT2D eigenvalue weighted by molar-refractivity contribution is -0.132. The molecule has 1 aromatic carbocycles. The Balaban J connectivity index is 1.83. The Kier molecular flexibility index (Phi) is 5.46. The molecule has 0 bridgehead atoms. The number of methoxy groups -OCH3 is 1. The first kappa shape index (κ1) is 16.8. The topological polar surface area (TPSA) is 47.6 Å². The zero-order valence-corrected chi connectivity index (χ0v) is 14.0. The molecule has 122 valence electrons. The van der Waals surface area contributed by atoms with Crippen molar-refractivity contribution in [2.45, 2.75) is 45.1 Å². The molecule has 1 aliphatic carbocycles. The second-order valence-corrected chi connectivity index (χ2v) is 6.75. The van der Waals surface area contributed by atoms with Crippen LogP contribution in [-0.2, 0) is 14.9 Å². The van der Waals surface area contributed by atoms with E-state index in [1.807, 2.05) is 31.2 Å². The third-order valence-corrected chi connectivity index (χ3v) is 4.22. The van der Waals surface area contributed by atoms with Crippen molar-refractivity contribution in [3.8, 4) is 5.75 Å². The van der Waals surface area contributed by atoms with Crippen LogP contribution in [0.2, 0.25) is 0 Å². The van der Waals surface area contributed by atoms with Crippen LogP contribution in [0, 0.1) is 5.92 Å². The number of hydrogen-bond donors (Lipinski definition) is 1. The summed E-state index contributed by atoms with van der Waals surface area (Å²) in [5.41, 5.74) is 1.03. The molecule has 1 aliphatic rings. The molecule has 2 rings (SSSR count). The Morgan fingerprint density at radius 1 is 1.32 bits per heavy atom. The molecular formula is C18H27NO3. The first-order chi connectivity index (χ1) is 10.4. The van der Waals surface area contributed by atoms with Gasteiger partial charge in [-0.15, -0.1) is 0 Å². The molecule has 4 nitrogen and oxygen atoms in total. The Morgan fingerprint density at radius 3 is 2.50 bits per heavy atom. The monoisotopic (exact) mass is 305 g/mol. The van der Waals surface area contributed by atoms with Crippen molar-refractivity contribution in [1.29, 1.82) is 0 Å². The maximum atomic E-state index is 12.1. The minimum Gasteiger partial charge on any atom is -0.497 e. The van der Waals surface area contributed by atoms with Gasteiger partial charge in [0.1, 0.15) is 11.9 Å². The van der Waals surface area contributed by atoms with Gasteiger partial charge in [0.2, 0.25) is 5.91 Å². The van der Waals surface area contributed by atoms with Crippen molar-refractivity contribution in [3.05, 3.63) is 29.8 Å². The second-order valence-electron chi connectivity index (χ2n) is 6.75. The molecule has 0 aliphatic heterocycles. The largest absolute Gasteiger partial charge is 0.497 e. The molecule has 0 aromatic heterocycles. The number of ether oxygens (including phenoxy) is 2.